The monoisotopic (exact) mass is 312 g/mol. The van der Waals surface area contributed by atoms with E-state index in [1.165, 1.54) is 10.8 Å². The number of carbonyl (C=O) groups is 1. The minimum absolute atomic E-state index is 0.0432. The molecule has 122 valence electrons. The number of amides is 1. The number of nitrogens with one attached hydrogen (secondary N) is 1. The van der Waals surface area contributed by atoms with E-state index in [0.29, 0.717) is 32.6 Å². The zero-order valence-electron chi connectivity index (χ0n) is 13.5. The van der Waals surface area contributed by atoms with Gasteiger partial charge >= 0.3 is 0 Å². The quantitative estimate of drug-likeness (QED) is 0.912. The van der Waals surface area contributed by atoms with Gasteiger partial charge in [0.05, 0.1) is 11.5 Å². The Hall–Kier alpha value is -1.91. The van der Waals surface area contributed by atoms with Crippen LogP contribution in [0.3, 0.4) is 0 Å². The Morgan fingerprint density at radius 1 is 1.22 bits per heavy atom. The van der Waals surface area contributed by atoms with E-state index in [4.69, 9.17) is 10.5 Å². The molecule has 4 nitrogen and oxygen atoms in total. The van der Waals surface area contributed by atoms with Gasteiger partial charge in [0, 0.05) is 19.8 Å². The predicted octanol–water partition coefficient (Wildman–Crippen LogP) is 2.77. The Bertz CT molecular complexity index is 693. The van der Waals surface area contributed by atoms with Crippen molar-refractivity contribution >= 4 is 16.7 Å². The van der Waals surface area contributed by atoms with Crippen molar-refractivity contribution in [3.8, 4) is 0 Å². The van der Waals surface area contributed by atoms with Crippen molar-refractivity contribution in [1.82, 2.24) is 5.32 Å². The van der Waals surface area contributed by atoms with Crippen molar-refractivity contribution in [3.63, 3.8) is 0 Å². The Balaban J connectivity index is 1.76. The minimum Gasteiger partial charge on any atom is -0.381 e. The van der Waals surface area contributed by atoms with Crippen LogP contribution in [0.5, 0.6) is 0 Å². The van der Waals surface area contributed by atoms with Crippen LogP contribution >= 0.6 is 0 Å². The number of rotatable bonds is 4. The average molecular weight is 312 g/mol. The molecular weight excluding hydrogens is 288 g/mol. The molecule has 23 heavy (non-hydrogen) atoms. The fourth-order valence-corrected chi connectivity index (χ4v) is 3.20. The van der Waals surface area contributed by atoms with Gasteiger partial charge in [0.25, 0.3) is 0 Å². The van der Waals surface area contributed by atoms with Gasteiger partial charge in [-0.3, -0.25) is 4.79 Å². The summed E-state index contributed by atoms with van der Waals surface area (Å²) in [6.07, 6.45) is 1.39. The largest absolute Gasteiger partial charge is 0.381 e. The Morgan fingerprint density at radius 2 is 1.91 bits per heavy atom. The maximum Gasteiger partial charge on any atom is 0.228 e. The lowest BCUT2D eigenvalue weighted by molar-refractivity contribution is -0.136. The number of nitrogens with two attached hydrogens (primary N) is 1. The summed E-state index contributed by atoms with van der Waals surface area (Å²) in [5.41, 5.74) is 6.54. The molecule has 4 heteroatoms. The van der Waals surface area contributed by atoms with Gasteiger partial charge in [-0.1, -0.05) is 36.4 Å². The highest BCUT2D eigenvalue weighted by atomic mass is 16.5. The maximum absolute atomic E-state index is 12.8. The molecule has 1 unspecified atom stereocenters. The van der Waals surface area contributed by atoms with Gasteiger partial charge in [-0.15, -0.1) is 0 Å². The molecule has 1 amide bonds. The van der Waals surface area contributed by atoms with Crippen LogP contribution in [0.1, 0.15) is 31.4 Å². The van der Waals surface area contributed by atoms with E-state index in [-0.39, 0.29) is 11.9 Å². The summed E-state index contributed by atoms with van der Waals surface area (Å²) in [5.74, 6) is 0.0453. The van der Waals surface area contributed by atoms with Crippen LogP contribution in [0.15, 0.2) is 42.5 Å². The summed E-state index contributed by atoms with van der Waals surface area (Å²) >= 11 is 0. The van der Waals surface area contributed by atoms with Crippen molar-refractivity contribution in [3.05, 3.63) is 48.0 Å². The van der Waals surface area contributed by atoms with Gasteiger partial charge in [0.1, 0.15) is 0 Å². The van der Waals surface area contributed by atoms with Gasteiger partial charge in [-0.25, -0.2) is 0 Å². The second-order valence-corrected chi connectivity index (χ2v) is 6.40. The summed E-state index contributed by atoms with van der Waals surface area (Å²) in [7, 11) is 0. The molecule has 0 radical (unpaired) electrons. The molecule has 0 spiro atoms. The molecule has 0 bridgehead atoms. The first-order valence-electron chi connectivity index (χ1n) is 8.22. The standard InChI is InChI=1S/C19H24N2O2/c1-14(16-7-6-15-4-2-3-5-17(15)12-16)21-18(22)19(13-20)8-10-23-11-9-19/h2-7,12,14H,8-11,13,20H2,1H3,(H,21,22). The lowest BCUT2D eigenvalue weighted by Gasteiger charge is -2.35. The Morgan fingerprint density at radius 3 is 2.61 bits per heavy atom. The van der Waals surface area contributed by atoms with Crippen LogP contribution in [0.25, 0.3) is 10.8 Å². The first-order chi connectivity index (χ1) is 11.1. The number of carbonyl (C=O) groups excluding carboxylic acids is 1. The van der Waals surface area contributed by atoms with Gasteiger partial charge in [-0.2, -0.15) is 0 Å². The number of hydrogen-bond donors (Lipinski definition) is 2. The van der Waals surface area contributed by atoms with Gasteiger partial charge in [0.15, 0.2) is 0 Å². The molecule has 1 aliphatic rings. The van der Waals surface area contributed by atoms with Crippen LogP contribution in [0, 0.1) is 5.41 Å². The molecule has 3 N–H and O–H groups in total. The molecule has 0 aromatic heterocycles. The molecule has 1 atom stereocenters. The highest BCUT2D eigenvalue weighted by molar-refractivity contribution is 5.85. The molecule has 1 fully saturated rings. The third-order valence-corrected chi connectivity index (χ3v) is 4.94. The van der Waals surface area contributed by atoms with Gasteiger partial charge < -0.3 is 15.8 Å². The van der Waals surface area contributed by atoms with Crippen LogP contribution in [0.4, 0.5) is 0 Å². The van der Waals surface area contributed by atoms with E-state index >= 15 is 0 Å². The average Bonchev–Trinajstić information content (AvgIpc) is 2.61. The molecule has 2 aromatic rings. The summed E-state index contributed by atoms with van der Waals surface area (Å²) in [6.45, 7) is 3.60. The van der Waals surface area contributed by atoms with E-state index in [1.54, 1.807) is 0 Å². The summed E-state index contributed by atoms with van der Waals surface area (Å²) in [6, 6.07) is 14.5. The molecule has 1 aliphatic heterocycles. The van der Waals surface area contributed by atoms with Crippen molar-refractivity contribution in [1.29, 1.82) is 0 Å². The first kappa shape index (κ1) is 16.0. The number of ether oxygens (including phenoxy) is 1. The highest BCUT2D eigenvalue weighted by Gasteiger charge is 2.39. The van der Waals surface area contributed by atoms with Crippen LogP contribution in [-0.2, 0) is 9.53 Å². The number of fused-ring (bicyclic) bond motifs is 1. The molecular formula is C19H24N2O2. The lowest BCUT2D eigenvalue weighted by atomic mass is 9.79. The Labute approximate surface area is 137 Å². The molecule has 0 saturated carbocycles. The van der Waals surface area contributed by atoms with Gasteiger partial charge in [0.2, 0.25) is 5.91 Å². The lowest BCUT2D eigenvalue weighted by Crippen LogP contribution is -2.49. The first-order valence-corrected chi connectivity index (χ1v) is 8.22. The second-order valence-electron chi connectivity index (χ2n) is 6.40. The normalized spacial score (nSPS) is 18.5. The number of hydrogen-bond acceptors (Lipinski definition) is 3. The zero-order chi connectivity index (χ0) is 16.3. The topological polar surface area (TPSA) is 64.4 Å². The van der Waals surface area contributed by atoms with E-state index in [9.17, 15) is 4.79 Å². The molecule has 2 aromatic carbocycles. The van der Waals surface area contributed by atoms with Crippen molar-refractivity contribution in [2.75, 3.05) is 19.8 Å². The third-order valence-electron chi connectivity index (χ3n) is 4.94. The maximum atomic E-state index is 12.8. The van der Waals surface area contributed by atoms with E-state index in [2.05, 4.69) is 35.6 Å². The van der Waals surface area contributed by atoms with Gasteiger partial charge in [-0.05, 0) is 42.2 Å². The third kappa shape index (κ3) is 3.23. The summed E-state index contributed by atoms with van der Waals surface area (Å²) < 4.78 is 5.38. The van der Waals surface area contributed by atoms with Crippen molar-refractivity contribution < 1.29 is 9.53 Å². The molecule has 3 rings (SSSR count). The molecule has 0 aliphatic carbocycles. The smallest absolute Gasteiger partial charge is 0.228 e. The van der Waals surface area contributed by atoms with Crippen LogP contribution < -0.4 is 11.1 Å². The highest BCUT2D eigenvalue weighted by Crippen LogP contribution is 2.30. The minimum atomic E-state index is -0.483. The van der Waals surface area contributed by atoms with Crippen molar-refractivity contribution in [2.45, 2.75) is 25.8 Å². The molecule has 1 heterocycles. The molecule has 1 saturated heterocycles. The van der Waals surface area contributed by atoms with Crippen molar-refractivity contribution in [2.24, 2.45) is 11.1 Å². The summed E-state index contributed by atoms with van der Waals surface area (Å²) in [5, 5.41) is 5.54. The number of benzene rings is 2. The fourth-order valence-electron chi connectivity index (χ4n) is 3.20. The Kier molecular flexibility index (Phi) is 4.64. The second kappa shape index (κ2) is 6.69. The van der Waals surface area contributed by atoms with E-state index in [0.717, 1.165) is 5.56 Å². The van der Waals surface area contributed by atoms with Crippen LogP contribution in [-0.4, -0.2) is 25.7 Å². The predicted molar refractivity (Wildman–Crippen MR) is 92.0 cm³/mol. The zero-order valence-corrected chi connectivity index (χ0v) is 13.5. The van der Waals surface area contributed by atoms with E-state index in [1.807, 2.05) is 19.1 Å². The SMILES string of the molecule is CC(NC(=O)C1(CN)CCOCC1)c1ccc2ccccc2c1. The van der Waals surface area contributed by atoms with Crippen LogP contribution in [0.2, 0.25) is 0 Å². The fraction of sp³-hybridized carbons (Fsp3) is 0.421. The summed E-state index contributed by atoms with van der Waals surface area (Å²) in [4.78, 5) is 12.8. The van der Waals surface area contributed by atoms with E-state index < -0.39 is 5.41 Å².